The van der Waals surface area contributed by atoms with E-state index in [2.05, 4.69) is 53.7 Å². The molecule has 1 aromatic rings. The Morgan fingerprint density at radius 1 is 1.05 bits per heavy atom. The van der Waals surface area contributed by atoms with Gasteiger partial charge < -0.3 is 15.4 Å². The standard InChI is InChI=1S/C14H23N3O.HI/c1-4-15-14(16-5-2)17-10-12-6-8-13(9-7-12)11-18-3;/h6-9H,4-5,10-11H2,1-3H3,(H2,15,16,17);1H. The van der Waals surface area contributed by atoms with E-state index < -0.39 is 0 Å². The fourth-order valence-electron chi connectivity index (χ4n) is 1.59. The summed E-state index contributed by atoms with van der Waals surface area (Å²) in [5.41, 5.74) is 2.38. The first-order valence-electron chi connectivity index (χ1n) is 6.39. The number of ether oxygens (including phenoxy) is 1. The van der Waals surface area contributed by atoms with E-state index in [1.54, 1.807) is 7.11 Å². The zero-order valence-electron chi connectivity index (χ0n) is 11.9. The van der Waals surface area contributed by atoms with E-state index in [-0.39, 0.29) is 24.0 Å². The zero-order chi connectivity index (χ0) is 13.2. The van der Waals surface area contributed by atoms with Crippen LogP contribution in [0.25, 0.3) is 0 Å². The van der Waals surface area contributed by atoms with Gasteiger partial charge in [-0.2, -0.15) is 0 Å². The third kappa shape index (κ3) is 7.37. The molecule has 1 aromatic carbocycles. The Bertz CT molecular complexity index is 357. The van der Waals surface area contributed by atoms with Gasteiger partial charge in [-0.25, -0.2) is 4.99 Å². The van der Waals surface area contributed by atoms with Gasteiger partial charge in [0.1, 0.15) is 0 Å². The lowest BCUT2D eigenvalue weighted by Crippen LogP contribution is -2.36. The first kappa shape index (κ1) is 18.2. The minimum Gasteiger partial charge on any atom is -0.380 e. The van der Waals surface area contributed by atoms with Gasteiger partial charge in [-0.05, 0) is 25.0 Å². The number of guanidine groups is 1. The molecule has 2 N–H and O–H groups in total. The third-order valence-corrected chi connectivity index (χ3v) is 2.44. The van der Waals surface area contributed by atoms with Crippen LogP contribution in [-0.2, 0) is 17.9 Å². The van der Waals surface area contributed by atoms with Crippen LogP contribution in [0, 0.1) is 0 Å². The third-order valence-electron chi connectivity index (χ3n) is 2.44. The largest absolute Gasteiger partial charge is 0.380 e. The fraction of sp³-hybridized carbons (Fsp3) is 0.500. The first-order chi connectivity index (χ1) is 8.80. The number of hydrogen-bond donors (Lipinski definition) is 2. The number of aliphatic imine (C=N–C) groups is 1. The summed E-state index contributed by atoms with van der Waals surface area (Å²) in [6.45, 7) is 7.21. The zero-order valence-corrected chi connectivity index (χ0v) is 14.2. The van der Waals surface area contributed by atoms with E-state index in [9.17, 15) is 0 Å². The predicted octanol–water partition coefficient (Wildman–Crippen LogP) is 2.53. The van der Waals surface area contributed by atoms with Crippen LogP contribution in [0.5, 0.6) is 0 Å². The summed E-state index contributed by atoms with van der Waals surface area (Å²) in [5, 5.41) is 6.41. The van der Waals surface area contributed by atoms with E-state index in [0.29, 0.717) is 13.2 Å². The van der Waals surface area contributed by atoms with Crippen LogP contribution < -0.4 is 10.6 Å². The molecule has 0 radical (unpaired) electrons. The van der Waals surface area contributed by atoms with E-state index in [0.717, 1.165) is 19.0 Å². The van der Waals surface area contributed by atoms with Crippen LogP contribution in [0.3, 0.4) is 0 Å². The van der Waals surface area contributed by atoms with Crippen molar-refractivity contribution in [1.29, 1.82) is 0 Å². The van der Waals surface area contributed by atoms with Crippen molar-refractivity contribution in [2.45, 2.75) is 27.0 Å². The van der Waals surface area contributed by atoms with Gasteiger partial charge in [0.05, 0.1) is 13.2 Å². The van der Waals surface area contributed by atoms with E-state index >= 15 is 0 Å². The van der Waals surface area contributed by atoms with Crippen molar-refractivity contribution < 1.29 is 4.74 Å². The molecule has 4 nitrogen and oxygen atoms in total. The molecule has 0 amide bonds. The quantitative estimate of drug-likeness (QED) is 0.455. The molecule has 0 fully saturated rings. The van der Waals surface area contributed by atoms with Gasteiger partial charge in [-0.1, -0.05) is 24.3 Å². The molecule has 0 heterocycles. The second-order valence-corrected chi connectivity index (χ2v) is 3.98. The molecule has 0 saturated carbocycles. The van der Waals surface area contributed by atoms with Gasteiger partial charge in [0.25, 0.3) is 0 Å². The lowest BCUT2D eigenvalue weighted by molar-refractivity contribution is 0.185. The van der Waals surface area contributed by atoms with Crippen LogP contribution in [0.4, 0.5) is 0 Å². The molecule has 19 heavy (non-hydrogen) atoms. The molecule has 5 heteroatoms. The van der Waals surface area contributed by atoms with Crippen LogP contribution in [0.15, 0.2) is 29.3 Å². The molecule has 0 unspecified atom stereocenters. The van der Waals surface area contributed by atoms with Gasteiger partial charge in [-0.15, -0.1) is 24.0 Å². The molecule has 0 spiro atoms. The Morgan fingerprint density at radius 3 is 2.05 bits per heavy atom. The molecular weight excluding hydrogens is 353 g/mol. The van der Waals surface area contributed by atoms with E-state index in [4.69, 9.17) is 4.74 Å². The van der Waals surface area contributed by atoms with Gasteiger partial charge >= 0.3 is 0 Å². The SMILES string of the molecule is CCNC(=NCc1ccc(COC)cc1)NCC.I. The van der Waals surface area contributed by atoms with Crippen molar-refractivity contribution in [3.05, 3.63) is 35.4 Å². The highest BCUT2D eigenvalue weighted by molar-refractivity contribution is 14.0. The highest BCUT2D eigenvalue weighted by Gasteiger charge is 1.96. The van der Waals surface area contributed by atoms with Gasteiger partial charge in [-0.3, -0.25) is 0 Å². The summed E-state index contributed by atoms with van der Waals surface area (Å²) in [6, 6.07) is 8.34. The summed E-state index contributed by atoms with van der Waals surface area (Å²) < 4.78 is 5.08. The molecule has 0 aliphatic heterocycles. The van der Waals surface area contributed by atoms with E-state index in [1.807, 2.05) is 0 Å². The second-order valence-electron chi connectivity index (χ2n) is 3.98. The molecular formula is C14H24IN3O. The first-order valence-corrected chi connectivity index (χ1v) is 6.39. The lowest BCUT2D eigenvalue weighted by Gasteiger charge is -2.09. The Labute approximate surface area is 133 Å². The van der Waals surface area contributed by atoms with E-state index in [1.165, 1.54) is 11.1 Å². The molecule has 0 atom stereocenters. The second kappa shape index (κ2) is 11.0. The number of methoxy groups -OCH3 is 1. The van der Waals surface area contributed by atoms with Gasteiger partial charge in [0, 0.05) is 20.2 Å². The van der Waals surface area contributed by atoms with Crippen LogP contribution in [-0.4, -0.2) is 26.2 Å². The minimum absolute atomic E-state index is 0. The maximum absolute atomic E-state index is 5.08. The average Bonchev–Trinajstić information content (AvgIpc) is 2.38. The molecule has 0 aliphatic carbocycles. The summed E-state index contributed by atoms with van der Waals surface area (Å²) in [7, 11) is 1.71. The number of halogens is 1. The smallest absolute Gasteiger partial charge is 0.191 e. The van der Waals surface area contributed by atoms with Crippen LogP contribution in [0.1, 0.15) is 25.0 Å². The highest BCUT2D eigenvalue weighted by atomic mass is 127. The topological polar surface area (TPSA) is 45.7 Å². The molecule has 0 aliphatic rings. The van der Waals surface area contributed by atoms with Crippen molar-refractivity contribution in [2.24, 2.45) is 4.99 Å². The molecule has 0 saturated heterocycles. The van der Waals surface area contributed by atoms with Crippen LogP contribution in [0.2, 0.25) is 0 Å². The normalized spacial score (nSPS) is 9.42. The molecule has 0 bridgehead atoms. The van der Waals surface area contributed by atoms with Gasteiger partial charge in [0.15, 0.2) is 5.96 Å². The number of hydrogen-bond acceptors (Lipinski definition) is 2. The fourth-order valence-corrected chi connectivity index (χ4v) is 1.59. The minimum atomic E-state index is 0. The average molecular weight is 377 g/mol. The van der Waals surface area contributed by atoms with Crippen molar-refractivity contribution in [1.82, 2.24) is 10.6 Å². The Morgan fingerprint density at radius 2 is 1.58 bits per heavy atom. The summed E-state index contributed by atoms with van der Waals surface area (Å²) >= 11 is 0. The Hall–Kier alpha value is -0.820. The van der Waals surface area contributed by atoms with Crippen molar-refractivity contribution in [3.8, 4) is 0 Å². The number of nitrogens with zero attached hydrogens (tertiary/aromatic N) is 1. The predicted molar refractivity (Wildman–Crippen MR) is 91.1 cm³/mol. The Balaban J connectivity index is 0.00000324. The molecule has 1 rings (SSSR count). The monoisotopic (exact) mass is 377 g/mol. The maximum Gasteiger partial charge on any atom is 0.191 e. The lowest BCUT2D eigenvalue weighted by atomic mass is 10.1. The Kier molecular flexibility index (Phi) is 10.6. The number of benzene rings is 1. The van der Waals surface area contributed by atoms with Crippen molar-refractivity contribution >= 4 is 29.9 Å². The van der Waals surface area contributed by atoms with Crippen LogP contribution >= 0.6 is 24.0 Å². The van der Waals surface area contributed by atoms with Crippen molar-refractivity contribution in [3.63, 3.8) is 0 Å². The summed E-state index contributed by atoms with van der Waals surface area (Å²) in [5.74, 6) is 0.862. The molecule has 108 valence electrons. The van der Waals surface area contributed by atoms with Crippen molar-refractivity contribution in [2.75, 3.05) is 20.2 Å². The maximum atomic E-state index is 5.08. The number of nitrogens with one attached hydrogen (secondary N) is 2. The number of rotatable bonds is 6. The van der Waals surface area contributed by atoms with Gasteiger partial charge in [0.2, 0.25) is 0 Å². The molecule has 0 aromatic heterocycles. The highest BCUT2D eigenvalue weighted by Crippen LogP contribution is 2.06. The summed E-state index contributed by atoms with van der Waals surface area (Å²) in [6.07, 6.45) is 0. The summed E-state index contributed by atoms with van der Waals surface area (Å²) in [4.78, 5) is 4.51.